The summed E-state index contributed by atoms with van der Waals surface area (Å²) in [7, 11) is 0. The molecule has 1 saturated carbocycles. The largest absolute Gasteiger partial charge is 0.472 e. The molecule has 3 unspecified atom stereocenters. The van der Waals surface area contributed by atoms with Crippen molar-refractivity contribution in [3.8, 4) is 0 Å². The van der Waals surface area contributed by atoms with Crippen LogP contribution >= 0.6 is 15.9 Å². The first-order valence-corrected chi connectivity index (χ1v) is 7.10. The predicted molar refractivity (Wildman–Crippen MR) is 71.0 cm³/mol. The molecule has 2 rings (SSSR count). The SMILES string of the molecule is CC1CCC(C(C)(C)c2ccoc2)C(Br)C1. The molecule has 0 amide bonds. The fraction of sp³-hybridized carbons (Fsp3) is 0.714. The van der Waals surface area contributed by atoms with Gasteiger partial charge >= 0.3 is 0 Å². The van der Waals surface area contributed by atoms with Crippen molar-refractivity contribution in [2.75, 3.05) is 0 Å². The van der Waals surface area contributed by atoms with E-state index < -0.39 is 0 Å². The van der Waals surface area contributed by atoms with Gasteiger partial charge in [0.2, 0.25) is 0 Å². The van der Waals surface area contributed by atoms with E-state index in [0.29, 0.717) is 10.7 Å². The Bertz CT molecular complexity index is 329. The van der Waals surface area contributed by atoms with E-state index >= 15 is 0 Å². The van der Waals surface area contributed by atoms with Gasteiger partial charge in [0.25, 0.3) is 0 Å². The maximum absolute atomic E-state index is 5.23. The summed E-state index contributed by atoms with van der Waals surface area (Å²) in [5.74, 6) is 1.57. The lowest BCUT2D eigenvalue weighted by Gasteiger charge is -2.41. The third-order valence-electron chi connectivity index (χ3n) is 4.23. The molecule has 0 radical (unpaired) electrons. The minimum Gasteiger partial charge on any atom is -0.472 e. The lowest BCUT2D eigenvalue weighted by Crippen LogP contribution is -2.38. The fourth-order valence-corrected chi connectivity index (χ4v) is 4.53. The summed E-state index contributed by atoms with van der Waals surface area (Å²) >= 11 is 3.89. The molecule has 1 nitrogen and oxygen atoms in total. The van der Waals surface area contributed by atoms with E-state index in [4.69, 9.17) is 4.42 Å². The van der Waals surface area contributed by atoms with Crippen molar-refractivity contribution in [3.05, 3.63) is 24.2 Å². The van der Waals surface area contributed by atoms with Crippen molar-refractivity contribution in [1.29, 1.82) is 0 Å². The van der Waals surface area contributed by atoms with E-state index in [0.717, 1.165) is 5.92 Å². The van der Waals surface area contributed by atoms with Gasteiger partial charge in [-0.15, -0.1) is 0 Å². The van der Waals surface area contributed by atoms with E-state index in [2.05, 4.69) is 42.8 Å². The van der Waals surface area contributed by atoms with Crippen molar-refractivity contribution >= 4 is 15.9 Å². The second-order valence-corrected chi connectivity index (χ2v) is 6.95. The van der Waals surface area contributed by atoms with Crippen LogP contribution in [0.2, 0.25) is 0 Å². The fourth-order valence-electron chi connectivity index (χ4n) is 2.97. The Balaban J connectivity index is 2.17. The Labute approximate surface area is 107 Å². The third-order valence-corrected chi connectivity index (χ3v) is 5.24. The second-order valence-electron chi connectivity index (χ2n) is 5.77. The Morgan fingerprint density at radius 1 is 1.38 bits per heavy atom. The highest BCUT2D eigenvalue weighted by Crippen LogP contribution is 2.45. The number of halogens is 1. The van der Waals surface area contributed by atoms with Crippen LogP contribution in [-0.4, -0.2) is 4.83 Å². The van der Waals surface area contributed by atoms with Crippen LogP contribution in [0, 0.1) is 11.8 Å². The van der Waals surface area contributed by atoms with Crippen molar-refractivity contribution in [3.63, 3.8) is 0 Å². The maximum atomic E-state index is 5.23. The summed E-state index contributed by atoms with van der Waals surface area (Å²) in [5.41, 5.74) is 1.54. The average molecular weight is 285 g/mol. The van der Waals surface area contributed by atoms with Crippen molar-refractivity contribution in [1.82, 2.24) is 0 Å². The quantitative estimate of drug-likeness (QED) is 0.714. The lowest BCUT2D eigenvalue weighted by atomic mass is 9.66. The van der Waals surface area contributed by atoms with Crippen molar-refractivity contribution in [2.24, 2.45) is 11.8 Å². The monoisotopic (exact) mass is 284 g/mol. The molecule has 0 spiro atoms. The van der Waals surface area contributed by atoms with Gasteiger partial charge < -0.3 is 4.42 Å². The van der Waals surface area contributed by atoms with E-state index in [1.165, 1.54) is 24.8 Å². The molecule has 1 aromatic rings. The molecule has 0 bridgehead atoms. The molecular formula is C14H21BrO. The molecule has 90 valence electrons. The standard InChI is InChI=1S/C14H21BrO/c1-10-4-5-12(13(15)8-10)14(2,3)11-6-7-16-9-11/h6-7,9-10,12-13H,4-5,8H2,1-3H3. The summed E-state index contributed by atoms with van der Waals surface area (Å²) in [6.07, 6.45) is 7.65. The first-order valence-electron chi connectivity index (χ1n) is 6.18. The highest BCUT2D eigenvalue weighted by molar-refractivity contribution is 9.09. The number of furan rings is 1. The van der Waals surface area contributed by atoms with Gasteiger partial charge in [0.05, 0.1) is 12.5 Å². The Morgan fingerprint density at radius 2 is 2.12 bits per heavy atom. The maximum Gasteiger partial charge on any atom is 0.0940 e. The van der Waals surface area contributed by atoms with Crippen LogP contribution in [0.5, 0.6) is 0 Å². The Hall–Kier alpha value is -0.240. The van der Waals surface area contributed by atoms with Crippen LogP contribution in [0.4, 0.5) is 0 Å². The average Bonchev–Trinajstić information content (AvgIpc) is 2.69. The number of rotatable bonds is 2. The Morgan fingerprint density at radius 3 is 2.69 bits per heavy atom. The zero-order valence-electron chi connectivity index (χ0n) is 10.4. The van der Waals surface area contributed by atoms with Gasteiger partial charge in [-0.1, -0.05) is 43.1 Å². The van der Waals surface area contributed by atoms with Crippen molar-refractivity contribution < 1.29 is 4.42 Å². The number of alkyl halides is 1. The van der Waals surface area contributed by atoms with E-state index in [1.54, 1.807) is 6.26 Å². The third kappa shape index (κ3) is 2.22. The topological polar surface area (TPSA) is 13.1 Å². The molecule has 16 heavy (non-hydrogen) atoms. The van der Waals surface area contributed by atoms with E-state index in [1.807, 2.05) is 6.26 Å². The van der Waals surface area contributed by atoms with Gasteiger partial charge in [-0.3, -0.25) is 0 Å². The van der Waals surface area contributed by atoms with Gasteiger partial charge in [-0.05, 0) is 41.7 Å². The summed E-state index contributed by atoms with van der Waals surface area (Å²) < 4.78 is 5.23. The zero-order valence-corrected chi connectivity index (χ0v) is 12.0. The minimum absolute atomic E-state index is 0.210. The molecule has 3 atom stereocenters. The zero-order chi connectivity index (χ0) is 11.8. The van der Waals surface area contributed by atoms with Crippen LogP contribution in [0.1, 0.15) is 45.6 Å². The van der Waals surface area contributed by atoms with Crippen LogP contribution in [0.3, 0.4) is 0 Å². The molecule has 1 aliphatic rings. The van der Waals surface area contributed by atoms with Crippen LogP contribution in [-0.2, 0) is 5.41 Å². The highest BCUT2D eigenvalue weighted by atomic mass is 79.9. The van der Waals surface area contributed by atoms with Gasteiger partial charge in [0, 0.05) is 4.83 Å². The molecule has 1 heterocycles. The molecule has 0 aromatic carbocycles. The smallest absolute Gasteiger partial charge is 0.0940 e. The number of hydrogen-bond donors (Lipinski definition) is 0. The van der Waals surface area contributed by atoms with Gasteiger partial charge in [0.1, 0.15) is 0 Å². The first kappa shape index (κ1) is 12.2. The summed E-state index contributed by atoms with van der Waals surface area (Å²) in [4.78, 5) is 0.640. The molecule has 1 fully saturated rings. The predicted octanol–water partition coefficient (Wildman–Crippen LogP) is 4.76. The molecule has 2 heteroatoms. The molecular weight excluding hydrogens is 264 g/mol. The molecule has 0 saturated heterocycles. The van der Waals surface area contributed by atoms with Gasteiger partial charge in [-0.2, -0.15) is 0 Å². The molecule has 1 aliphatic carbocycles. The van der Waals surface area contributed by atoms with Gasteiger partial charge in [-0.25, -0.2) is 0 Å². The molecule has 0 aliphatic heterocycles. The normalized spacial score (nSPS) is 31.6. The lowest BCUT2D eigenvalue weighted by molar-refractivity contribution is 0.213. The Kier molecular flexibility index (Phi) is 3.48. The van der Waals surface area contributed by atoms with E-state index in [9.17, 15) is 0 Å². The first-order chi connectivity index (χ1) is 7.51. The molecule has 1 aromatic heterocycles. The van der Waals surface area contributed by atoms with Crippen LogP contribution < -0.4 is 0 Å². The highest BCUT2D eigenvalue weighted by Gasteiger charge is 2.39. The molecule has 0 N–H and O–H groups in total. The minimum atomic E-state index is 0.210. The van der Waals surface area contributed by atoms with Crippen LogP contribution in [0.25, 0.3) is 0 Å². The second kappa shape index (κ2) is 4.56. The summed E-state index contributed by atoms with van der Waals surface area (Å²) in [6.45, 7) is 7.04. The van der Waals surface area contributed by atoms with E-state index in [-0.39, 0.29) is 5.41 Å². The van der Waals surface area contributed by atoms with Crippen LogP contribution in [0.15, 0.2) is 23.0 Å². The number of hydrogen-bond acceptors (Lipinski definition) is 1. The summed E-state index contributed by atoms with van der Waals surface area (Å²) in [5, 5.41) is 0. The van der Waals surface area contributed by atoms with Gasteiger partial charge in [0.15, 0.2) is 0 Å². The van der Waals surface area contributed by atoms with Crippen molar-refractivity contribution in [2.45, 2.75) is 50.3 Å². The summed E-state index contributed by atoms with van der Waals surface area (Å²) in [6, 6.07) is 2.11.